The second-order valence-corrected chi connectivity index (χ2v) is 9.04. The van der Waals surface area contributed by atoms with Crippen molar-refractivity contribution in [3.8, 4) is 0 Å². The van der Waals surface area contributed by atoms with Gasteiger partial charge in [-0.05, 0) is 44.2 Å². The van der Waals surface area contributed by atoms with E-state index in [0.29, 0.717) is 22.3 Å². The average Bonchev–Trinajstić information content (AvgIpc) is 2.68. The van der Waals surface area contributed by atoms with Crippen LogP contribution >= 0.6 is 11.8 Å². The van der Waals surface area contributed by atoms with Crippen molar-refractivity contribution in [1.29, 1.82) is 0 Å². The summed E-state index contributed by atoms with van der Waals surface area (Å²) in [5, 5.41) is 5.82. The molecule has 160 valence electrons. The second kappa shape index (κ2) is 11.2. The van der Waals surface area contributed by atoms with E-state index in [-0.39, 0.29) is 36.3 Å². The minimum atomic E-state index is -0.558. The fraction of sp³-hybridized carbons (Fsp3) is 0.591. The number of benzene rings is 1. The van der Waals surface area contributed by atoms with Gasteiger partial charge in [-0.25, -0.2) is 4.79 Å². The van der Waals surface area contributed by atoms with E-state index >= 15 is 0 Å². The Hall–Kier alpha value is -2.02. The molecule has 2 rings (SSSR count). The van der Waals surface area contributed by atoms with Crippen LogP contribution in [0.1, 0.15) is 57.3 Å². The predicted octanol–water partition coefficient (Wildman–Crippen LogP) is 3.40. The molecule has 0 aromatic heterocycles. The van der Waals surface area contributed by atoms with Crippen LogP contribution in [-0.4, -0.2) is 42.2 Å². The molecular weight excluding hydrogens is 388 g/mol. The highest BCUT2D eigenvalue weighted by Crippen LogP contribution is 2.29. The quantitative estimate of drug-likeness (QED) is 0.497. The molecule has 1 aliphatic rings. The minimum absolute atomic E-state index is 0.0664. The Balaban J connectivity index is 1.87. The number of hydrogen-bond donors (Lipinski definition) is 2. The van der Waals surface area contributed by atoms with Gasteiger partial charge in [-0.2, -0.15) is 0 Å². The molecule has 3 atom stereocenters. The molecule has 1 aromatic carbocycles. The highest BCUT2D eigenvalue weighted by atomic mass is 32.2. The summed E-state index contributed by atoms with van der Waals surface area (Å²) >= 11 is 1.28. The number of esters is 1. The normalized spacial score (nSPS) is 21.5. The Kier molecular flexibility index (Phi) is 9.01. The molecule has 7 heteroatoms. The molecule has 0 bridgehead atoms. The molecule has 0 radical (unpaired) electrons. The Morgan fingerprint density at radius 3 is 2.59 bits per heavy atom. The lowest BCUT2D eigenvalue weighted by atomic mass is 9.78. The molecule has 0 saturated heterocycles. The third-order valence-electron chi connectivity index (χ3n) is 5.30. The SMILES string of the molecule is CC(C)NC(=O)CSc1ccccc1C(=O)OCC(=O)N[C@H]1CCC[C@H](C)[C@H]1C. The lowest BCUT2D eigenvalue weighted by molar-refractivity contribution is -0.125. The van der Waals surface area contributed by atoms with E-state index in [1.165, 1.54) is 18.2 Å². The second-order valence-electron chi connectivity index (χ2n) is 8.02. The van der Waals surface area contributed by atoms with Gasteiger partial charge in [0.25, 0.3) is 5.91 Å². The number of carbonyl (C=O) groups is 3. The molecule has 0 unspecified atom stereocenters. The van der Waals surface area contributed by atoms with Crippen LogP contribution in [0.2, 0.25) is 0 Å². The Morgan fingerprint density at radius 1 is 1.14 bits per heavy atom. The van der Waals surface area contributed by atoms with Gasteiger partial charge in [-0.3, -0.25) is 9.59 Å². The van der Waals surface area contributed by atoms with Gasteiger partial charge in [0.2, 0.25) is 5.91 Å². The number of thioether (sulfide) groups is 1. The number of nitrogens with one attached hydrogen (secondary N) is 2. The first-order chi connectivity index (χ1) is 13.8. The molecule has 6 nitrogen and oxygen atoms in total. The van der Waals surface area contributed by atoms with Gasteiger partial charge in [0.05, 0.1) is 11.3 Å². The summed E-state index contributed by atoms with van der Waals surface area (Å²) in [4.78, 5) is 37.3. The summed E-state index contributed by atoms with van der Waals surface area (Å²) in [7, 11) is 0. The van der Waals surface area contributed by atoms with Crippen LogP contribution in [0.5, 0.6) is 0 Å². The fourth-order valence-corrected chi connectivity index (χ4v) is 4.36. The minimum Gasteiger partial charge on any atom is -0.452 e. The van der Waals surface area contributed by atoms with Crippen molar-refractivity contribution in [3.63, 3.8) is 0 Å². The number of hydrogen-bond acceptors (Lipinski definition) is 5. The maximum Gasteiger partial charge on any atom is 0.339 e. The van der Waals surface area contributed by atoms with Crippen molar-refractivity contribution in [3.05, 3.63) is 29.8 Å². The lowest BCUT2D eigenvalue weighted by Crippen LogP contribution is -2.45. The topological polar surface area (TPSA) is 84.5 Å². The Labute approximate surface area is 177 Å². The third kappa shape index (κ3) is 7.38. The van der Waals surface area contributed by atoms with Gasteiger partial charge in [0.15, 0.2) is 6.61 Å². The van der Waals surface area contributed by atoms with E-state index < -0.39 is 5.97 Å². The van der Waals surface area contributed by atoms with Crippen LogP contribution in [0.25, 0.3) is 0 Å². The summed E-state index contributed by atoms with van der Waals surface area (Å²) in [6, 6.07) is 7.16. The fourth-order valence-electron chi connectivity index (χ4n) is 3.51. The Morgan fingerprint density at radius 2 is 1.86 bits per heavy atom. The molecule has 29 heavy (non-hydrogen) atoms. The molecule has 0 aliphatic heterocycles. The largest absolute Gasteiger partial charge is 0.452 e. The summed E-state index contributed by atoms with van der Waals surface area (Å²) in [6.45, 7) is 7.85. The predicted molar refractivity (Wildman–Crippen MR) is 115 cm³/mol. The van der Waals surface area contributed by atoms with Crippen LogP contribution in [0, 0.1) is 11.8 Å². The van der Waals surface area contributed by atoms with Crippen molar-refractivity contribution < 1.29 is 19.1 Å². The zero-order valence-electron chi connectivity index (χ0n) is 17.7. The van der Waals surface area contributed by atoms with Crippen LogP contribution in [0.3, 0.4) is 0 Å². The molecule has 1 aromatic rings. The van der Waals surface area contributed by atoms with Crippen molar-refractivity contribution in [1.82, 2.24) is 10.6 Å². The lowest BCUT2D eigenvalue weighted by Gasteiger charge is -2.34. The molecule has 1 aliphatic carbocycles. The number of amides is 2. The summed E-state index contributed by atoms with van der Waals surface area (Å²) in [6.07, 6.45) is 3.25. The van der Waals surface area contributed by atoms with Gasteiger partial charge in [-0.1, -0.05) is 38.8 Å². The average molecular weight is 421 g/mol. The maximum absolute atomic E-state index is 12.5. The molecule has 2 N–H and O–H groups in total. The molecule has 0 heterocycles. The highest BCUT2D eigenvalue weighted by Gasteiger charge is 2.28. The number of carbonyl (C=O) groups excluding carboxylic acids is 3. The first-order valence-corrected chi connectivity index (χ1v) is 11.2. The monoisotopic (exact) mass is 420 g/mol. The zero-order valence-corrected chi connectivity index (χ0v) is 18.5. The number of ether oxygens (including phenoxy) is 1. The van der Waals surface area contributed by atoms with Crippen LogP contribution in [0.15, 0.2) is 29.2 Å². The smallest absolute Gasteiger partial charge is 0.339 e. The van der Waals surface area contributed by atoms with E-state index in [1.807, 2.05) is 13.8 Å². The van der Waals surface area contributed by atoms with E-state index in [0.717, 1.165) is 12.8 Å². The summed E-state index contributed by atoms with van der Waals surface area (Å²) in [5.41, 5.74) is 0.363. The van der Waals surface area contributed by atoms with E-state index in [9.17, 15) is 14.4 Å². The summed E-state index contributed by atoms with van der Waals surface area (Å²) in [5.74, 6) is 0.276. The van der Waals surface area contributed by atoms with Crippen LogP contribution in [0.4, 0.5) is 0 Å². The van der Waals surface area contributed by atoms with Crippen LogP contribution < -0.4 is 10.6 Å². The maximum atomic E-state index is 12.5. The van der Waals surface area contributed by atoms with Gasteiger partial charge in [-0.15, -0.1) is 11.8 Å². The zero-order chi connectivity index (χ0) is 21.4. The third-order valence-corrected chi connectivity index (χ3v) is 6.38. The van der Waals surface area contributed by atoms with Gasteiger partial charge in [0.1, 0.15) is 0 Å². The summed E-state index contributed by atoms with van der Waals surface area (Å²) < 4.78 is 5.24. The van der Waals surface area contributed by atoms with Crippen LogP contribution in [-0.2, 0) is 14.3 Å². The van der Waals surface area contributed by atoms with Gasteiger partial charge < -0.3 is 15.4 Å². The van der Waals surface area contributed by atoms with E-state index in [4.69, 9.17) is 4.74 Å². The van der Waals surface area contributed by atoms with Gasteiger partial charge >= 0.3 is 5.97 Å². The highest BCUT2D eigenvalue weighted by molar-refractivity contribution is 8.00. The number of rotatable bonds is 8. The molecule has 1 fully saturated rings. The van der Waals surface area contributed by atoms with Crippen molar-refractivity contribution in [2.24, 2.45) is 11.8 Å². The van der Waals surface area contributed by atoms with E-state index in [2.05, 4.69) is 24.5 Å². The first-order valence-electron chi connectivity index (χ1n) is 10.3. The van der Waals surface area contributed by atoms with E-state index in [1.54, 1.807) is 24.3 Å². The molecule has 2 amide bonds. The molecule has 1 saturated carbocycles. The van der Waals surface area contributed by atoms with Crippen molar-refractivity contribution in [2.45, 2.75) is 63.9 Å². The Bertz CT molecular complexity index is 723. The van der Waals surface area contributed by atoms with Gasteiger partial charge in [0, 0.05) is 17.0 Å². The first kappa shape index (κ1) is 23.3. The van der Waals surface area contributed by atoms with Crippen molar-refractivity contribution in [2.75, 3.05) is 12.4 Å². The van der Waals surface area contributed by atoms with Crippen molar-refractivity contribution >= 4 is 29.5 Å². The molecule has 0 spiro atoms. The standard InChI is InChI=1S/C22H32N2O4S/c1-14(2)23-21(26)13-29-19-11-6-5-9-17(19)22(27)28-12-20(25)24-18-10-7-8-15(3)16(18)4/h5-6,9,11,14-16,18H,7-8,10,12-13H2,1-4H3,(H,23,26)(H,24,25)/t15-,16+,18-/m0/s1. The molecular formula is C22H32N2O4S.